The lowest BCUT2D eigenvalue weighted by Crippen LogP contribution is -2.22. The number of rotatable bonds is 6. The summed E-state index contributed by atoms with van der Waals surface area (Å²) < 4.78 is 5.85. The quantitative estimate of drug-likeness (QED) is 0.404. The molecule has 0 aromatic carbocycles. The van der Waals surface area contributed by atoms with E-state index < -0.39 is 8.07 Å². The van der Waals surface area contributed by atoms with E-state index in [0.717, 1.165) is 25.2 Å². The third kappa shape index (κ3) is 5.50. The Hall–Kier alpha value is -0.683. The summed E-state index contributed by atoms with van der Waals surface area (Å²) >= 11 is 12.0. The first-order valence-electron chi connectivity index (χ1n) is 7.50. The highest BCUT2D eigenvalue weighted by Gasteiger charge is 2.16. The molecule has 1 atom stereocenters. The van der Waals surface area contributed by atoms with Gasteiger partial charge in [0.25, 0.3) is 0 Å². The molecule has 0 fully saturated rings. The van der Waals surface area contributed by atoms with E-state index in [1.165, 1.54) is 12.2 Å². The van der Waals surface area contributed by atoms with Crippen molar-refractivity contribution in [3.63, 3.8) is 0 Å². The third-order valence-corrected chi connectivity index (χ3v) is 5.63. The Morgan fingerprint density at radius 2 is 2.09 bits per heavy atom. The average Bonchev–Trinajstić information content (AvgIpc) is 2.45. The minimum Gasteiger partial charge on any atom is -0.381 e. The Kier molecular flexibility index (Phi) is 6.21. The largest absolute Gasteiger partial charge is 0.381 e. The molecule has 1 aliphatic carbocycles. The van der Waals surface area contributed by atoms with E-state index in [2.05, 4.69) is 41.8 Å². The normalized spacial score (nSPS) is 18.4. The van der Waals surface area contributed by atoms with Gasteiger partial charge in [0, 0.05) is 20.6 Å². The van der Waals surface area contributed by atoms with Crippen molar-refractivity contribution >= 4 is 36.8 Å². The molecule has 1 aromatic heterocycles. The molecule has 0 saturated heterocycles. The van der Waals surface area contributed by atoms with E-state index in [0.29, 0.717) is 16.6 Å². The first kappa shape index (κ1) is 17.7. The van der Waals surface area contributed by atoms with Crippen LogP contribution in [0.25, 0.3) is 5.57 Å². The fourth-order valence-electron chi connectivity index (χ4n) is 2.18. The standard InChI is InChI=1S/C16H22Cl2N2OSi/c1-22(2,3)8-7-21-11-12-5-4-6-13(9-12)15-14(17)10-19-16(18)20-15/h4,6,9-10,12H,5,7-8,11H2,1-3H3. The fraction of sp³-hybridized carbons (Fsp3) is 0.500. The van der Waals surface area contributed by atoms with Crippen LogP contribution in [0.15, 0.2) is 24.4 Å². The number of aromatic nitrogens is 2. The number of nitrogens with zero attached hydrogens (tertiary/aromatic N) is 2. The van der Waals surface area contributed by atoms with Crippen LogP contribution in [0, 0.1) is 5.92 Å². The second-order valence-corrected chi connectivity index (χ2v) is 13.1. The summed E-state index contributed by atoms with van der Waals surface area (Å²) in [7, 11) is -1.03. The molecule has 22 heavy (non-hydrogen) atoms. The fourth-order valence-corrected chi connectivity index (χ4v) is 3.27. The highest BCUT2D eigenvalue weighted by Crippen LogP contribution is 2.28. The number of allylic oxidation sites excluding steroid dienone is 3. The summed E-state index contributed by atoms with van der Waals surface area (Å²) in [6.45, 7) is 8.66. The molecule has 1 unspecified atom stereocenters. The van der Waals surface area contributed by atoms with Gasteiger partial charge in [-0.3, -0.25) is 0 Å². The summed E-state index contributed by atoms with van der Waals surface area (Å²) in [5, 5.41) is 0.725. The maximum absolute atomic E-state index is 6.17. The predicted molar refractivity (Wildman–Crippen MR) is 96.2 cm³/mol. The molecule has 0 aliphatic heterocycles. The van der Waals surface area contributed by atoms with Gasteiger partial charge in [0.05, 0.1) is 23.5 Å². The minimum atomic E-state index is -1.03. The van der Waals surface area contributed by atoms with Crippen LogP contribution in [0.2, 0.25) is 36.0 Å². The molecular formula is C16H22Cl2N2OSi. The Balaban J connectivity index is 1.97. The van der Waals surface area contributed by atoms with Gasteiger partial charge in [0.2, 0.25) is 5.28 Å². The molecule has 0 bridgehead atoms. The summed E-state index contributed by atoms with van der Waals surface area (Å²) in [6, 6.07) is 1.19. The van der Waals surface area contributed by atoms with Gasteiger partial charge in [0.1, 0.15) is 0 Å². The zero-order chi connectivity index (χ0) is 16.2. The number of halogens is 2. The summed E-state index contributed by atoms with van der Waals surface area (Å²) in [5.74, 6) is 0.353. The Labute approximate surface area is 143 Å². The zero-order valence-electron chi connectivity index (χ0n) is 13.3. The number of hydrogen-bond donors (Lipinski definition) is 0. The Morgan fingerprint density at radius 1 is 1.32 bits per heavy atom. The lowest BCUT2D eigenvalue weighted by molar-refractivity contribution is 0.124. The van der Waals surface area contributed by atoms with Gasteiger partial charge in [-0.15, -0.1) is 0 Å². The van der Waals surface area contributed by atoms with E-state index in [9.17, 15) is 0 Å². The predicted octanol–water partition coefficient (Wildman–Crippen LogP) is 5.10. The second-order valence-electron chi connectivity index (χ2n) is 6.74. The number of hydrogen-bond acceptors (Lipinski definition) is 3. The highest BCUT2D eigenvalue weighted by atomic mass is 35.5. The van der Waals surface area contributed by atoms with Crippen LogP contribution in [0.1, 0.15) is 12.1 Å². The van der Waals surface area contributed by atoms with Crippen LogP contribution < -0.4 is 0 Å². The van der Waals surface area contributed by atoms with Crippen LogP contribution >= 0.6 is 23.2 Å². The van der Waals surface area contributed by atoms with Crippen LogP contribution in [0.3, 0.4) is 0 Å². The van der Waals surface area contributed by atoms with Crippen LogP contribution in [0.5, 0.6) is 0 Å². The van der Waals surface area contributed by atoms with E-state index in [1.807, 2.05) is 6.08 Å². The van der Waals surface area contributed by atoms with Gasteiger partial charge in [-0.05, 0) is 29.6 Å². The lowest BCUT2D eigenvalue weighted by atomic mass is 9.95. The zero-order valence-corrected chi connectivity index (χ0v) is 15.8. The molecular weight excluding hydrogens is 335 g/mol. The molecule has 1 heterocycles. The number of ether oxygens (including phenoxy) is 1. The van der Waals surface area contributed by atoms with Crippen LogP contribution in [-0.2, 0) is 4.74 Å². The van der Waals surface area contributed by atoms with Crippen LogP contribution in [0.4, 0.5) is 0 Å². The van der Waals surface area contributed by atoms with Crippen molar-refractivity contribution in [1.82, 2.24) is 9.97 Å². The average molecular weight is 357 g/mol. The molecule has 0 saturated carbocycles. The molecule has 2 rings (SSSR count). The molecule has 0 amide bonds. The Morgan fingerprint density at radius 3 is 2.82 bits per heavy atom. The van der Waals surface area contributed by atoms with Gasteiger partial charge in [-0.2, -0.15) is 0 Å². The second kappa shape index (κ2) is 7.73. The van der Waals surface area contributed by atoms with Crippen molar-refractivity contribution in [3.05, 3.63) is 40.4 Å². The smallest absolute Gasteiger partial charge is 0.222 e. The molecule has 6 heteroatoms. The Bertz CT molecular complexity index is 582. The molecule has 3 nitrogen and oxygen atoms in total. The van der Waals surface area contributed by atoms with Gasteiger partial charge in [-0.25, -0.2) is 9.97 Å². The SMILES string of the molecule is C[Si](C)(C)CCOCC1C=C(c2nc(Cl)ncc2Cl)C=CC1. The topological polar surface area (TPSA) is 35.0 Å². The third-order valence-electron chi connectivity index (χ3n) is 3.47. The van der Waals surface area contributed by atoms with Crippen molar-refractivity contribution in [2.45, 2.75) is 32.1 Å². The van der Waals surface area contributed by atoms with Crippen LogP contribution in [-0.4, -0.2) is 31.3 Å². The highest BCUT2D eigenvalue weighted by molar-refractivity contribution is 6.76. The van der Waals surface area contributed by atoms with Crippen molar-refractivity contribution in [2.75, 3.05) is 13.2 Å². The summed E-state index contributed by atoms with van der Waals surface area (Å²) in [6.07, 6.45) is 8.85. The summed E-state index contributed by atoms with van der Waals surface area (Å²) in [4.78, 5) is 8.11. The monoisotopic (exact) mass is 356 g/mol. The molecule has 0 N–H and O–H groups in total. The van der Waals surface area contributed by atoms with Gasteiger partial charge < -0.3 is 4.74 Å². The van der Waals surface area contributed by atoms with Crippen molar-refractivity contribution in [3.8, 4) is 0 Å². The maximum atomic E-state index is 6.17. The first-order valence-corrected chi connectivity index (χ1v) is 12.0. The van der Waals surface area contributed by atoms with Gasteiger partial charge >= 0.3 is 0 Å². The van der Waals surface area contributed by atoms with Crippen molar-refractivity contribution in [2.24, 2.45) is 5.92 Å². The lowest BCUT2D eigenvalue weighted by Gasteiger charge is -2.19. The van der Waals surface area contributed by atoms with E-state index in [4.69, 9.17) is 27.9 Å². The molecule has 0 spiro atoms. The van der Waals surface area contributed by atoms with E-state index in [1.54, 1.807) is 0 Å². The molecule has 0 radical (unpaired) electrons. The molecule has 120 valence electrons. The maximum Gasteiger partial charge on any atom is 0.222 e. The van der Waals surface area contributed by atoms with Gasteiger partial charge in [-0.1, -0.05) is 49.5 Å². The minimum absolute atomic E-state index is 0.210. The summed E-state index contributed by atoms with van der Waals surface area (Å²) in [5.41, 5.74) is 1.67. The van der Waals surface area contributed by atoms with E-state index >= 15 is 0 Å². The van der Waals surface area contributed by atoms with Crippen molar-refractivity contribution in [1.29, 1.82) is 0 Å². The van der Waals surface area contributed by atoms with E-state index in [-0.39, 0.29) is 5.28 Å². The van der Waals surface area contributed by atoms with Gasteiger partial charge in [0.15, 0.2) is 0 Å². The first-order chi connectivity index (χ1) is 10.3. The molecule has 1 aliphatic rings. The van der Waals surface area contributed by atoms with Crippen molar-refractivity contribution < 1.29 is 4.74 Å². The molecule has 1 aromatic rings.